The molecule has 1 N–H and O–H groups in total. The van der Waals surface area contributed by atoms with Gasteiger partial charge in [0, 0.05) is 17.1 Å². The number of nitrogens with one attached hydrogen (secondary N) is 1. The molecule has 0 fully saturated rings. The third-order valence-corrected chi connectivity index (χ3v) is 3.39. The summed E-state index contributed by atoms with van der Waals surface area (Å²) in [6.07, 6.45) is 0. The Kier molecular flexibility index (Phi) is 4.90. The smallest absolute Gasteiger partial charge is 0.340 e. The fourth-order valence-corrected chi connectivity index (χ4v) is 2.01. The van der Waals surface area contributed by atoms with Gasteiger partial charge in [0.15, 0.2) is 0 Å². The second-order valence-electron chi connectivity index (χ2n) is 4.28. The van der Waals surface area contributed by atoms with E-state index in [0.29, 0.717) is 12.6 Å². The molecule has 2 rings (SSSR count). The molecule has 3 nitrogen and oxygen atoms in total. The van der Waals surface area contributed by atoms with E-state index in [2.05, 4.69) is 26.0 Å². The van der Waals surface area contributed by atoms with Crippen LogP contribution in [-0.4, -0.2) is 13.1 Å². The van der Waals surface area contributed by atoms with Crippen LogP contribution in [-0.2, 0) is 11.3 Å². The lowest BCUT2D eigenvalue weighted by molar-refractivity contribution is 0.0595. The van der Waals surface area contributed by atoms with Crippen LogP contribution in [0.15, 0.2) is 40.9 Å². The molecule has 2 aromatic rings. The molecule has 2 aromatic carbocycles. The molecule has 0 heterocycles. The van der Waals surface area contributed by atoms with E-state index < -0.39 is 17.6 Å². The van der Waals surface area contributed by atoms with Gasteiger partial charge >= 0.3 is 5.97 Å². The number of hydrogen-bond acceptors (Lipinski definition) is 3. The highest BCUT2D eigenvalue weighted by molar-refractivity contribution is 9.10. The maximum absolute atomic E-state index is 13.7. The van der Waals surface area contributed by atoms with Crippen molar-refractivity contribution in [2.24, 2.45) is 0 Å². The zero-order valence-electron chi connectivity index (χ0n) is 11.1. The van der Waals surface area contributed by atoms with Crippen LogP contribution in [0.3, 0.4) is 0 Å². The molecule has 0 unspecified atom stereocenters. The first-order chi connectivity index (χ1) is 10.0. The van der Waals surface area contributed by atoms with Gasteiger partial charge in [-0.15, -0.1) is 0 Å². The molecular weight excluding hydrogens is 344 g/mol. The second-order valence-corrected chi connectivity index (χ2v) is 5.20. The average Bonchev–Trinajstić information content (AvgIpc) is 2.47. The Labute approximate surface area is 129 Å². The fraction of sp³-hybridized carbons (Fsp3) is 0.133. The van der Waals surface area contributed by atoms with E-state index in [1.165, 1.54) is 0 Å². The van der Waals surface area contributed by atoms with Crippen LogP contribution in [0.25, 0.3) is 0 Å². The van der Waals surface area contributed by atoms with Crippen molar-refractivity contribution in [1.82, 2.24) is 0 Å². The molecule has 0 radical (unpaired) electrons. The largest absolute Gasteiger partial charge is 0.465 e. The number of carbonyl (C=O) groups excluding carboxylic acids is 1. The summed E-state index contributed by atoms with van der Waals surface area (Å²) >= 11 is 3.32. The van der Waals surface area contributed by atoms with Crippen molar-refractivity contribution < 1.29 is 18.3 Å². The Bertz CT molecular complexity index is 659. The van der Waals surface area contributed by atoms with E-state index in [0.717, 1.165) is 23.2 Å². The molecule has 0 atom stereocenters. The molecule has 0 aliphatic carbocycles. The molecule has 0 saturated carbocycles. The molecule has 0 spiro atoms. The van der Waals surface area contributed by atoms with Crippen molar-refractivity contribution in [2.45, 2.75) is 6.54 Å². The first-order valence-electron chi connectivity index (χ1n) is 6.07. The molecule has 110 valence electrons. The van der Waals surface area contributed by atoms with E-state index >= 15 is 0 Å². The molecule has 21 heavy (non-hydrogen) atoms. The van der Waals surface area contributed by atoms with Gasteiger partial charge in [-0.25, -0.2) is 13.6 Å². The summed E-state index contributed by atoms with van der Waals surface area (Å²) in [4.78, 5) is 11.4. The van der Waals surface area contributed by atoms with E-state index in [4.69, 9.17) is 0 Å². The van der Waals surface area contributed by atoms with Gasteiger partial charge in [-0.05, 0) is 23.8 Å². The highest BCUT2D eigenvalue weighted by atomic mass is 79.9. The lowest BCUT2D eigenvalue weighted by Crippen LogP contribution is -2.08. The number of carbonyl (C=O) groups is 1. The zero-order valence-corrected chi connectivity index (χ0v) is 12.7. The van der Waals surface area contributed by atoms with E-state index in [-0.39, 0.29) is 11.3 Å². The molecule has 0 bridgehead atoms. The quantitative estimate of drug-likeness (QED) is 0.838. The summed E-state index contributed by atoms with van der Waals surface area (Å²) in [5.74, 6) is -2.56. The standard InChI is InChI=1S/C15H12BrF2NO2/c1-21-15(20)11-6-14(13(18)7-12(11)17)19-8-9-2-4-10(16)5-3-9/h2-7,19H,8H2,1H3. The summed E-state index contributed by atoms with van der Waals surface area (Å²) in [5, 5.41) is 2.83. The summed E-state index contributed by atoms with van der Waals surface area (Å²) in [6.45, 7) is 0.344. The van der Waals surface area contributed by atoms with E-state index in [9.17, 15) is 13.6 Å². The summed E-state index contributed by atoms with van der Waals surface area (Å²) in [5.41, 5.74) is 0.651. The summed E-state index contributed by atoms with van der Waals surface area (Å²) in [6, 6.07) is 9.21. The van der Waals surface area contributed by atoms with Crippen LogP contribution in [0.5, 0.6) is 0 Å². The third-order valence-electron chi connectivity index (χ3n) is 2.86. The van der Waals surface area contributed by atoms with Crippen molar-refractivity contribution >= 4 is 27.6 Å². The fourth-order valence-electron chi connectivity index (χ4n) is 1.75. The minimum absolute atomic E-state index is 0.0414. The highest BCUT2D eigenvalue weighted by Gasteiger charge is 2.16. The number of methoxy groups -OCH3 is 1. The Balaban J connectivity index is 2.19. The number of benzene rings is 2. The maximum Gasteiger partial charge on any atom is 0.340 e. The van der Waals surface area contributed by atoms with Crippen LogP contribution in [0.1, 0.15) is 15.9 Å². The van der Waals surface area contributed by atoms with Crippen molar-refractivity contribution in [2.75, 3.05) is 12.4 Å². The minimum Gasteiger partial charge on any atom is -0.465 e. The minimum atomic E-state index is -0.950. The van der Waals surface area contributed by atoms with Gasteiger partial charge in [0.05, 0.1) is 18.4 Å². The number of ether oxygens (including phenoxy) is 1. The lowest BCUT2D eigenvalue weighted by Gasteiger charge is -2.10. The number of hydrogen-bond donors (Lipinski definition) is 1. The van der Waals surface area contributed by atoms with Gasteiger partial charge in [0.25, 0.3) is 0 Å². The van der Waals surface area contributed by atoms with Crippen LogP contribution in [0.4, 0.5) is 14.5 Å². The Morgan fingerprint density at radius 2 is 1.86 bits per heavy atom. The zero-order chi connectivity index (χ0) is 15.4. The highest BCUT2D eigenvalue weighted by Crippen LogP contribution is 2.21. The predicted molar refractivity (Wildman–Crippen MR) is 79.2 cm³/mol. The first kappa shape index (κ1) is 15.4. The van der Waals surface area contributed by atoms with Crippen LogP contribution >= 0.6 is 15.9 Å². The van der Waals surface area contributed by atoms with Crippen LogP contribution in [0, 0.1) is 11.6 Å². The molecule has 0 amide bonds. The predicted octanol–water partition coefficient (Wildman–Crippen LogP) is 4.13. The Morgan fingerprint density at radius 3 is 2.48 bits per heavy atom. The van der Waals surface area contributed by atoms with Gasteiger partial charge < -0.3 is 10.1 Å². The number of esters is 1. The third kappa shape index (κ3) is 3.78. The van der Waals surface area contributed by atoms with Gasteiger partial charge in [-0.3, -0.25) is 0 Å². The van der Waals surface area contributed by atoms with E-state index in [1.807, 2.05) is 24.3 Å². The first-order valence-corrected chi connectivity index (χ1v) is 6.86. The Morgan fingerprint density at radius 1 is 1.19 bits per heavy atom. The van der Waals surface area contributed by atoms with Crippen molar-refractivity contribution in [1.29, 1.82) is 0 Å². The SMILES string of the molecule is COC(=O)c1cc(NCc2ccc(Br)cc2)c(F)cc1F. The van der Waals surface area contributed by atoms with Crippen LogP contribution < -0.4 is 5.32 Å². The van der Waals surface area contributed by atoms with Gasteiger partial charge in [-0.1, -0.05) is 28.1 Å². The molecule has 0 aromatic heterocycles. The van der Waals surface area contributed by atoms with Crippen molar-refractivity contribution in [3.8, 4) is 0 Å². The monoisotopic (exact) mass is 355 g/mol. The average molecular weight is 356 g/mol. The van der Waals surface area contributed by atoms with Crippen molar-refractivity contribution in [3.63, 3.8) is 0 Å². The van der Waals surface area contributed by atoms with Gasteiger partial charge in [0.1, 0.15) is 11.6 Å². The molecule has 0 aliphatic rings. The molecular formula is C15H12BrF2NO2. The maximum atomic E-state index is 13.7. The number of halogens is 3. The topological polar surface area (TPSA) is 38.3 Å². The second kappa shape index (κ2) is 6.67. The van der Waals surface area contributed by atoms with Gasteiger partial charge in [-0.2, -0.15) is 0 Å². The van der Waals surface area contributed by atoms with Gasteiger partial charge in [0.2, 0.25) is 0 Å². The molecule has 0 aliphatic heterocycles. The lowest BCUT2D eigenvalue weighted by atomic mass is 10.1. The molecule has 0 saturated heterocycles. The van der Waals surface area contributed by atoms with Crippen molar-refractivity contribution in [3.05, 3.63) is 63.6 Å². The normalized spacial score (nSPS) is 10.3. The number of rotatable bonds is 4. The molecule has 6 heteroatoms. The number of anilines is 1. The van der Waals surface area contributed by atoms with E-state index in [1.54, 1.807) is 0 Å². The summed E-state index contributed by atoms with van der Waals surface area (Å²) < 4.78 is 32.6. The van der Waals surface area contributed by atoms with Crippen LogP contribution in [0.2, 0.25) is 0 Å². The Hall–Kier alpha value is -1.95. The summed E-state index contributed by atoms with van der Waals surface area (Å²) in [7, 11) is 1.14.